The Balaban J connectivity index is 2.04. The predicted octanol–water partition coefficient (Wildman–Crippen LogP) is 1.44. The number of likely N-dealkylation sites (N-methyl/N-ethyl adjacent to an activating group) is 1. The van der Waals surface area contributed by atoms with Gasteiger partial charge >= 0.3 is 5.97 Å². The second kappa shape index (κ2) is 6.41. The summed E-state index contributed by atoms with van der Waals surface area (Å²) in [6.07, 6.45) is 0. The first-order valence-corrected chi connectivity index (χ1v) is 6.72. The number of carbonyl (C=O) groups excluding carboxylic acids is 1. The Hall–Kier alpha value is -1.04. The largest absolute Gasteiger partial charge is 0.468 e. The van der Waals surface area contributed by atoms with Gasteiger partial charge in [-0.1, -0.05) is 0 Å². The summed E-state index contributed by atoms with van der Waals surface area (Å²) in [5.41, 5.74) is 0. The van der Waals surface area contributed by atoms with Gasteiger partial charge in [0, 0.05) is 32.7 Å². The Labute approximate surface area is 118 Å². The SMILES string of the molecule is COC(=O)C(CN1CCN(C)CC1)c1ccc(Cl)o1. The number of ether oxygens (including phenoxy) is 1. The average Bonchev–Trinajstić information content (AvgIpc) is 2.83. The number of furan rings is 1. The lowest BCUT2D eigenvalue weighted by atomic mass is 10.1. The Kier molecular flexibility index (Phi) is 4.85. The lowest BCUT2D eigenvalue weighted by Gasteiger charge is -2.33. The molecule has 2 heterocycles. The van der Waals surface area contributed by atoms with E-state index in [2.05, 4.69) is 16.8 Å². The van der Waals surface area contributed by atoms with Crippen LogP contribution in [0.2, 0.25) is 5.22 Å². The Bertz CT molecular complexity index is 427. The minimum atomic E-state index is -0.416. The Morgan fingerprint density at radius 1 is 1.42 bits per heavy atom. The van der Waals surface area contributed by atoms with Crippen molar-refractivity contribution in [3.63, 3.8) is 0 Å². The van der Waals surface area contributed by atoms with E-state index in [4.69, 9.17) is 20.8 Å². The smallest absolute Gasteiger partial charge is 0.317 e. The molecule has 0 N–H and O–H groups in total. The van der Waals surface area contributed by atoms with Crippen molar-refractivity contribution in [1.82, 2.24) is 9.80 Å². The summed E-state index contributed by atoms with van der Waals surface area (Å²) in [5, 5.41) is 0.294. The molecule has 1 aliphatic heterocycles. The Morgan fingerprint density at radius 2 is 2.11 bits per heavy atom. The van der Waals surface area contributed by atoms with E-state index >= 15 is 0 Å². The van der Waals surface area contributed by atoms with Crippen LogP contribution in [0.1, 0.15) is 11.7 Å². The van der Waals surface area contributed by atoms with Crippen LogP contribution in [0.25, 0.3) is 0 Å². The molecule has 1 aliphatic rings. The minimum Gasteiger partial charge on any atom is -0.468 e. The molecule has 0 spiro atoms. The van der Waals surface area contributed by atoms with E-state index in [1.165, 1.54) is 7.11 Å². The molecule has 0 radical (unpaired) electrons. The van der Waals surface area contributed by atoms with E-state index < -0.39 is 5.92 Å². The van der Waals surface area contributed by atoms with Gasteiger partial charge in [-0.2, -0.15) is 0 Å². The van der Waals surface area contributed by atoms with Gasteiger partial charge in [0.15, 0.2) is 5.22 Å². The second-order valence-corrected chi connectivity index (χ2v) is 5.19. The van der Waals surface area contributed by atoms with Crippen LogP contribution in [0.15, 0.2) is 16.5 Å². The summed E-state index contributed by atoms with van der Waals surface area (Å²) < 4.78 is 10.2. The zero-order valence-corrected chi connectivity index (χ0v) is 12.0. The fourth-order valence-corrected chi connectivity index (χ4v) is 2.38. The highest BCUT2D eigenvalue weighted by atomic mass is 35.5. The van der Waals surface area contributed by atoms with Crippen LogP contribution in [0.3, 0.4) is 0 Å². The molecule has 106 valence electrons. The van der Waals surface area contributed by atoms with E-state index in [-0.39, 0.29) is 5.97 Å². The third-order valence-corrected chi connectivity index (χ3v) is 3.66. The molecular weight excluding hydrogens is 268 g/mol. The van der Waals surface area contributed by atoms with Crippen molar-refractivity contribution in [2.75, 3.05) is 46.9 Å². The first-order valence-electron chi connectivity index (χ1n) is 6.34. The van der Waals surface area contributed by atoms with Gasteiger partial charge < -0.3 is 14.1 Å². The number of hydrogen-bond acceptors (Lipinski definition) is 5. The summed E-state index contributed by atoms with van der Waals surface area (Å²) in [6, 6.07) is 3.39. The van der Waals surface area contributed by atoms with E-state index in [1.54, 1.807) is 12.1 Å². The van der Waals surface area contributed by atoms with E-state index in [9.17, 15) is 4.79 Å². The maximum Gasteiger partial charge on any atom is 0.317 e. The van der Waals surface area contributed by atoms with Crippen molar-refractivity contribution in [3.8, 4) is 0 Å². The normalized spacial score (nSPS) is 19.3. The van der Waals surface area contributed by atoms with Crippen LogP contribution >= 0.6 is 11.6 Å². The lowest BCUT2D eigenvalue weighted by Crippen LogP contribution is -2.46. The molecule has 2 rings (SSSR count). The van der Waals surface area contributed by atoms with Gasteiger partial charge in [0.2, 0.25) is 0 Å². The highest BCUT2D eigenvalue weighted by Gasteiger charge is 2.28. The number of carbonyl (C=O) groups is 1. The summed E-state index contributed by atoms with van der Waals surface area (Å²) >= 11 is 5.78. The zero-order valence-electron chi connectivity index (χ0n) is 11.3. The van der Waals surface area contributed by atoms with Gasteiger partial charge in [-0.05, 0) is 30.8 Å². The average molecular weight is 287 g/mol. The molecule has 6 heteroatoms. The lowest BCUT2D eigenvalue weighted by molar-refractivity contribution is -0.143. The van der Waals surface area contributed by atoms with E-state index in [0.717, 1.165) is 26.2 Å². The van der Waals surface area contributed by atoms with Crippen LogP contribution in [0.4, 0.5) is 0 Å². The number of methoxy groups -OCH3 is 1. The maximum absolute atomic E-state index is 11.9. The highest BCUT2D eigenvalue weighted by molar-refractivity contribution is 6.28. The quantitative estimate of drug-likeness (QED) is 0.784. The Morgan fingerprint density at radius 3 is 2.63 bits per heavy atom. The van der Waals surface area contributed by atoms with Gasteiger partial charge in [0.25, 0.3) is 0 Å². The van der Waals surface area contributed by atoms with Crippen LogP contribution in [0.5, 0.6) is 0 Å². The van der Waals surface area contributed by atoms with Gasteiger partial charge in [-0.3, -0.25) is 9.69 Å². The van der Waals surface area contributed by atoms with Crippen molar-refractivity contribution < 1.29 is 13.9 Å². The first kappa shape index (κ1) is 14.4. The molecule has 0 amide bonds. The molecule has 1 saturated heterocycles. The number of rotatable bonds is 4. The fraction of sp³-hybridized carbons (Fsp3) is 0.615. The van der Waals surface area contributed by atoms with Gasteiger partial charge in [0.05, 0.1) is 7.11 Å². The van der Waals surface area contributed by atoms with E-state index in [0.29, 0.717) is 17.5 Å². The summed E-state index contributed by atoms with van der Waals surface area (Å²) in [6.45, 7) is 4.50. The molecule has 19 heavy (non-hydrogen) atoms. The van der Waals surface area contributed by atoms with Gasteiger partial charge in [-0.25, -0.2) is 0 Å². The van der Waals surface area contributed by atoms with Crippen molar-refractivity contribution >= 4 is 17.6 Å². The second-order valence-electron chi connectivity index (χ2n) is 4.82. The van der Waals surface area contributed by atoms with Gasteiger partial charge in [-0.15, -0.1) is 0 Å². The molecule has 0 saturated carbocycles. The monoisotopic (exact) mass is 286 g/mol. The van der Waals surface area contributed by atoms with E-state index in [1.807, 2.05) is 0 Å². The number of nitrogens with zero attached hydrogens (tertiary/aromatic N) is 2. The van der Waals surface area contributed by atoms with Crippen molar-refractivity contribution in [2.24, 2.45) is 0 Å². The minimum absolute atomic E-state index is 0.287. The summed E-state index contributed by atoms with van der Waals surface area (Å²) in [5.74, 6) is -0.137. The topological polar surface area (TPSA) is 45.9 Å². The molecule has 1 aromatic heterocycles. The number of piperazine rings is 1. The standard InChI is InChI=1S/C13H19ClN2O3/c1-15-5-7-16(8-6-15)9-10(13(17)18-2)11-3-4-12(14)19-11/h3-4,10H,5-9H2,1-2H3. The van der Waals surface area contributed by atoms with Crippen molar-refractivity contribution in [2.45, 2.75) is 5.92 Å². The highest BCUT2D eigenvalue weighted by Crippen LogP contribution is 2.24. The molecule has 0 aromatic carbocycles. The zero-order chi connectivity index (χ0) is 13.8. The molecule has 1 unspecified atom stereocenters. The maximum atomic E-state index is 11.9. The van der Waals surface area contributed by atoms with Crippen molar-refractivity contribution in [3.05, 3.63) is 23.1 Å². The molecule has 0 bridgehead atoms. The third-order valence-electron chi connectivity index (χ3n) is 3.46. The number of hydrogen-bond donors (Lipinski definition) is 0. The summed E-state index contributed by atoms with van der Waals surface area (Å²) in [7, 11) is 3.49. The molecular formula is C13H19ClN2O3. The fourth-order valence-electron chi connectivity index (χ4n) is 2.23. The predicted molar refractivity (Wildman–Crippen MR) is 72.4 cm³/mol. The molecule has 1 fully saturated rings. The summed E-state index contributed by atoms with van der Waals surface area (Å²) in [4.78, 5) is 16.4. The van der Waals surface area contributed by atoms with Crippen LogP contribution < -0.4 is 0 Å². The molecule has 1 atom stereocenters. The molecule has 0 aliphatic carbocycles. The first-order chi connectivity index (χ1) is 9.10. The van der Waals surface area contributed by atoms with Crippen molar-refractivity contribution in [1.29, 1.82) is 0 Å². The molecule has 1 aromatic rings. The van der Waals surface area contributed by atoms with Gasteiger partial charge in [0.1, 0.15) is 11.7 Å². The third kappa shape index (κ3) is 3.72. The van der Waals surface area contributed by atoms with Crippen LogP contribution in [-0.4, -0.2) is 62.7 Å². The van der Waals surface area contributed by atoms with Crippen LogP contribution in [0, 0.1) is 0 Å². The number of halogens is 1. The number of esters is 1. The van der Waals surface area contributed by atoms with Crippen LogP contribution in [-0.2, 0) is 9.53 Å². The molecule has 5 nitrogen and oxygen atoms in total.